The average Bonchev–Trinajstić information content (AvgIpc) is 4.03. The minimum absolute atomic E-state index is 0.0461. The van der Waals surface area contributed by atoms with Gasteiger partial charge < -0.3 is 40.3 Å². The fourth-order valence-electron chi connectivity index (χ4n) is 10.8. The smallest absolute Gasteiger partial charge is 0.407 e. The fourth-order valence-corrected chi connectivity index (χ4v) is 12.1. The highest BCUT2D eigenvalue weighted by molar-refractivity contribution is 7.92. The second-order valence-electron chi connectivity index (χ2n) is 21.7. The van der Waals surface area contributed by atoms with Gasteiger partial charge in [0.1, 0.15) is 53.1 Å². The summed E-state index contributed by atoms with van der Waals surface area (Å²) in [6.45, 7) is 11.4. The van der Waals surface area contributed by atoms with Gasteiger partial charge in [-0.3, -0.25) is 24.4 Å². The molecule has 5 aromatic rings. The summed E-state index contributed by atoms with van der Waals surface area (Å²) in [5, 5.41) is 26.9. The first-order valence-electron chi connectivity index (χ1n) is 26.4. The van der Waals surface area contributed by atoms with Gasteiger partial charge in [0.2, 0.25) is 23.7 Å². The summed E-state index contributed by atoms with van der Waals surface area (Å²) in [5.74, 6) is 0.517. The highest BCUT2D eigenvalue weighted by Crippen LogP contribution is 2.39. The van der Waals surface area contributed by atoms with Crippen LogP contribution in [0.25, 0.3) is 10.9 Å². The number of aromatic amines is 1. The van der Waals surface area contributed by atoms with Gasteiger partial charge in [-0.15, -0.1) is 0 Å². The van der Waals surface area contributed by atoms with Crippen molar-refractivity contribution in [1.82, 2.24) is 50.6 Å². The maximum atomic E-state index is 15.0. The van der Waals surface area contributed by atoms with E-state index >= 15 is 0 Å². The highest BCUT2D eigenvalue weighted by Gasteiger charge is 2.46. The number of carbonyl (C=O) groups is 4. The van der Waals surface area contributed by atoms with Gasteiger partial charge in [0.15, 0.2) is 21.4 Å². The molecular weight excluding hydrogens is 993 g/mol. The molecule has 2 aromatic carbocycles. The number of aromatic nitrogens is 6. The lowest BCUT2D eigenvalue weighted by Gasteiger charge is -2.36. The van der Waals surface area contributed by atoms with E-state index in [1.165, 1.54) is 30.8 Å². The summed E-state index contributed by atoms with van der Waals surface area (Å²) >= 11 is 0. The Morgan fingerprint density at radius 3 is 2.30 bits per heavy atom. The summed E-state index contributed by atoms with van der Waals surface area (Å²) in [5.41, 5.74) is 4.54. The Balaban J connectivity index is 0.892. The van der Waals surface area contributed by atoms with Crippen LogP contribution in [0.4, 0.5) is 22.4 Å². The van der Waals surface area contributed by atoms with Crippen LogP contribution in [-0.2, 0) is 30.6 Å². The van der Waals surface area contributed by atoms with Crippen molar-refractivity contribution in [2.75, 3.05) is 36.9 Å². The zero-order valence-electron chi connectivity index (χ0n) is 44.3. The van der Waals surface area contributed by atoms with Crippen molar-refractivity contribution < 1.29 is 42.2 Å². The highest BCUT2D eigenvalue weighted by atomic mass is 32.2. The molecule has 9 rings (SSSR count). The van der Waals surface area contributed by atoms with Crippen LogP contribution < -0.4 is 30.3 Å². The number of fused-ring (bicyclic) bond motifs is 2. The number of sulfone groups is 1. The van der Waals surface area contributed by atoms with Crippen molar-refractivity contribution in [3.8, 4) is 11.5 Å². The quantitative estimate of drug-likeness (QED) is 0.0727. The lowest BCUT2D eigenvalue weighted by Crippen LogP contribution is -2.58. The number of hydrogen-bond donors (Lipinski definition) is 5. The molecule has 3 fully saturated rings. The Morgan fingerprint density at radius 2 is 1.62 bits per heavy atom. The molecule has 2 aliphatic heterocycles. The molecule has 1 unspecified atom stereocenters. The van der Waals surface area contributed by atoms with E-state index in [0.717, 1.165) is 60.2 Å². The molecule has 5 atom stereocenters. The number of likely N-dealkylation sites (N-methyl/N-ethyl adjacent to an activating group) is 1. The molecule has 2 saturated heterocycles. The summed E-state index contributed by atoms with van der Waals surface area (Å²) < 4.78 is 40.3. The van der Waals surface area contributed by atoms with Crippen LogP contribution in [0.1, 0.15) is 120 Å². The minimum atomic E-state index is -3.91. The number of nitrogens with one attached hydrogen (secondary N) is 4. The summed E-state index contributed by atoms with van der Waals surface area (Å²) in [6, 6.07) is 8.14. The molecule has 0 spiro atoms. The molecule has 4 amide bonds. The third kappa shape index (κ3) is 11.4. The number of carboxylic acid groups (broad SMARTS) is 1. The zero-order chi connectivity index (χ0) is 54.1. The number of aryl methyl sites for hydroxylation is 2. The molecule has 76 heavy (non-hydrogen) atoms. The molecule has 2 aliphatic carbocycles. The molecule has 22 heteroatoms. The van der Waals surface area contributed by atoms with Crippen molar-refractivity contribution >= 4 is 62.1 Å². The maximum absolute atomic E-state index is 15.0. The molecule has 406 valence electrons. The van der Waals surface area contributed by atoms with Crippen molar-refractivity contribution in [1.29, 1.82) is 0 Å². The van der Waals surface area contributed by atoms with Crippen molar-refractivity contribution in [2.24, 2.45) is 5.92 Å². The van der Waals surface area contributed by atoms with Crippen LogP contribution in [0.15, 0.2) is 60.0 Å². The molecule has 5 heterocycles. The Hall–Kier alpha value is -7.10. The van der Waals surface area contributed by atoms with Crippen molar-refractivity contribution in [2.45, 2.75) is 158 Å². The lowest BCUT2D eigenvalue weighted by atomic mass is 9.83. The predicted octanol–water partition coefficient (Wildman–Crippen LogP) is 6.73. The number of benzene rings is 2. The number of piperidine rings is 1. The monoisotopic (exact) mass is 1060 g/mol. The van der Waals surface area contributed by atoms with E-state index in [1.54, 1.807) is 45.3 Å². The normalized spacial score (nSPS) is 20.3. The second kappa shape index (κ2) is 22.2. The molecular formula is C54H70N12O9S. The summed E-state index contributed by atoms with van der Waals surface area (Å²) in [4.78, 5) is 77.7. The van der Waals surface area contributed by atoms with Gasteiger partial charge in [0.25, 0.3) is 0 Å². The number of anilines is 3. The largest absolute Gasteiger partial charge is 0.489 e. The van der Waals surface area contributed by atoms with Crippen LogP contribution in [-0.4, -0.2) is 139 Å². The number of amides is 4. The SMILES string of the molecule is Cc1[nH]nc(Nc2ncnc3cc(OC4CCN(c5ncc(O[C@H]6C[C@@H](C(=O)N[C@@H]7CCCc8ccccc87)N(C(=O)[C@@H](NC(=O)C(C)N(C)C(=O)O)C7CCCCC7)C6)cn5)CC4)c(S(=O)(=O)C(C)(C)C)cc23)c1C. The first-order chi connectivity index (χ1) is 36.3. The zero-order valence-corrected chi connectivity index (χ0v) is 45.2. The predicted molar refractivity (Wildman–Crippen MR) is 284 cm³/mol. The Morgan fingerprint density at radius 1 is 0.895 bits per heavy atom. The Kier molecular flexibility index (Phi) is 15.7. The number of H-pyrrole nitrogens is 1. The van der Waals surface area contributed by atoms with Gasteiger partial charge in [-0.1, -0.05) is 43.5 Å². The molecule has 0 radical (unpaired) electrons. The van der Waals surface area contributed by atoms with E-state index in [4.69, 9.17) is 9.47 Å². The van der Waals surface area contributed by atoms with Gasteiger partial charge in [0, 0.05) is 62.1 Å². The molecule has 21 nitrogen and oxygen atoms in total. The maximum Gasteiger partial charge on any atom is 0.407 e. The first-order valence-corrected chi connectivity index (χ1v) is 27.9. The van der Waals surface area contributed by atoms with Crippen LogP contribution >= 0.6 is 0 Å². The standard InChI is InChI=1S/C54H70N12O9S/c1-31-32(2)62-63-47(31)61-48-40-25-45(76(72,73)54(4,5)6)44(26-42(40)57-30-58-48)75-36-20-22-65(23-21-36)52-55-27-38(28-56-52)74-37-24-43(50(68)59-41-19-13-17-34-14-11-12-18-39(34)41)66(29-37)51(69)46(35-15-9-8-10-16-35)60-49(67)33(3)64(7)53(70)71/h11-12,14,18,25-28,30,33,35-37,41,43,46H,8-10,13,15-17,19-24,29H2,1-7H3,(H,59,68)(H,60,67)(H,70,71)(H2,57,58,61,62,63)/t33?,37-,41+,43-,46-/m0/s1. The van der Waals surface area contributed by atoms with Crippen molar-refractivity contribution in [3.05, 3.63) is 77.5 Å². The topological polar surface area (TPSA) is 267 Å². The number of carbonyl (C=O) groups excluding carboxylic acids is 3. The van der Waals surface area contributed by atoms with Gasteiger partial charge in [-0.2, -0.15) is 5.10 Å². The third-order valence-corrected chi connectivity index (χ3v) is 18.2. The number of nitrogens with zero attached hydrogens (tertiary/aromatic N) is 8. The Bertz CT molecular complexity index is 3060. The van der Waals surface area contributed by atoms with E-state index in [9.17, 15) is 32.7 Å². The molecule has 3 aromatic heterocycles. The third-order valence-electron chi connectivity index (χ3n) is 15.7. The molecule has 5 N–H and O–H groups in total. The van der Waals surface area contributed by atoms with Gasteiger partial charge in [-0.25, -0.2) is 33.1 Å². The summed E-state index contributed by atoms with van der Waals surface area (Å²) in [6.07, 6.45) is 10.4. The molecule has 0 bridgehead atoms. The number of ether oxygens (including phenoxy) is 2. The van der Waals surface area contributed by atoms with E-state index in [1.807, 2.05) is 36.9 Å². The average molecular weight is 1060 g/mol. The van der Waals surface area contributed by atoms with Crippen LogP contribution in [0.5, 0.6) is 11.5 Å². The minimum Gasteiger partial charge on any atom is -0.489 e. The van der Waals surface area contributed by atoms with Crippen LogP contribution in [0, 0.1) is 19.8 Å². The molecule has 4 aliphatic rings. The van der Waals surface area contributed by atoms with Gasteiger partial charge >= 0.3 is 6.09 Å². The Labute approximate surface area is 443 Å². The fraction of sp³-hybridized carbons (Fsp3) is 0.537. The van der Waals surface area contributed by atoms with Crippen LogP contribution in [0.2, 0.25) is 0 Å². The first kappa shape index (κ1) is 53.7. The van der Waals surface area contributed by atoms with Crippen molar-refractivity contribution in [3.63, 3.8) is 0 Å². The van der Waals surface area contributed by atoms with E-state index < -0.39 is 56.7 Å². The van der Waals surface area contributed by atoms with Gasteiger partial charge in [-0.05, 0) is 96.8 Å². The number of rotatable bonds is 15. The molecule has 1 saturated carbocycles. The number of likely N-dealkylation sites (tertiary alicyclic amines) is 1. The number of hydrogen-bond acceptors (Lipinski definition) is 15. The second-order valence-corrected chi connectivity index (χ2v) is 24.4. The van der Waals surface area contributed by atoms with Crippen LogP contribution in [0.3, 0.4) is 0 Å². The van der Waals surface area contributed by atoms with E-state index in [-0.39, 0.29) is 47.6 Å². The van der Waals surface area contributed by atoms with E-state index in [2.05, 4.69) is 52.2 Å². The lowest BCUT2D eigenvalue weighted by molar-refractivity contribution is -0.143. The van der Waals surface area contributed by atoms with E-state index in [0.29, 0.717) is 73.0 Å². The summed E-state index contributed by atoms with van der Waals surface area (Å²) in [7, 11) is -2.59. The van der Waals surface area contributed by atoms with Gasteiger partial charge in [0.05, 0.1) is 35.2 Å².